The van der Waals surface area contributed by atoms with Crippen LogP contribution < -0.4 is 0 Å². The number of halogens is 1. The van der Waals surface area contributed by atoms with Gasteiger partial charge in [0.25, 0.3) is 5.91 Å². The number of hydrogen-bond donors (Lipinski definition) is 0. The van der Waals surface area contributed by atoms with Gasteiger partial charge in [-0.1, -0.05) is 12.2 Å². The molecule has 74 valence electrons. The van der Waals surface area contributed by atoms with E-state index in [1.165, 1.54) is 11.3 Å². The van der Waals surface area contributed by atoms with Crippen LogP contribution in [0.5, 0.6) is 0 Å². The third-order valence-corrected chi connectivity index (χ3v) is 3.74. The quantitative estimate of drug-likeness (QED) is 0.720. The van der Waals surface area contributed by atoms with E-state index in [2.05, 4.69) is 22.0 Å². The predicted octanol–water partition coefficient (Wildman–Crippen LogP) is 2.91. The lowest BCUT2D eigenvalue weighted by molar-refractivity contribution is 0.0776. The molecule has 4 heteroatoms. The minimum Gasteiger partial charge on any atom is -0.334 e. The lowest BCUT2D eigenvalue weighted by atomic mass is 10.2. The van der Waals surface area contributed by atoms with E-state index in [1.807, 2.05) is 23.1 Å². The van der Waals surface area contributed by atoms with Gasteiger partial charge in [-0.25, -0.2) is 0 Å². The van der Waals surface area contributed by atoms with Crippen LogP contribution in [0, 0.1) is 0 Å². The molecule has 1 aromatic heterocycles. The zero-order valence-corrected chi connectivity index (χ0v) is 9.97. The first-order valence-electron chi connectivity index (χ1n) is 4.47. The van der Waals surface area contributed by atoms with E-state index in [4.69, 9.17) is 0 Å². The average Bonchev–Trinajstić information content (AvgIpc) is 2.65. The van der Waals surface area contributed by atoms with Crippen LogP contribution in [0.4, 0.5) is 0 Å². The molecular formula is C10H10BrNOS. The molecule has 1 aromatic rings. The van der Waals surface area contributed by atoms with Crippen molar-refractivity contribution in [3.8, 4) is 0 Å². The summed E-state index contributed by atoms with van der Waals surface area (Å²) in [6.45, 7) is 1.58. The number of carbonyl (C=O) groups is 1. The highest BCUT2D eigenvalue weighted by molar-refractivity contribution is 9.11. The molecule has 0 atom stereocenters. The molecule has 0 aliphatic carbocycles. The van der Waals surface area contributed by atoms with Crippen LogP contribution in [0.1, 0.15) is 16.1 Å². The Morgan fingerprint density at radius 1 is 1.43 bits per heavy atom. The molecule has 1 amide bonds. The van der Waals surface area contributed by atoms with Crippen molar-refractivity contribution >= 4 is 33.2 Å². The van der Waals surface area contributed by atoms with Crippen LogP contribution in [0.15, 0.2) is 28.1 Å². The lowest BCUT2D eigenvalue weighted by Crippen LogP contribution is -2.33. The van der Waals surface area contributed by atoms with Crippen molar-refractivity contribution in [2.45, 2.75) is 6.42 Å². The smallest absolute Gasteiger partial charge is 0.264 e. The Morgan fingerprint density at radius 3 is 2.86 bits per heavy atom. The number of carbonyl (C=O) groups excluding carboxylic acids is 1. The molecule has 0 fully saturated rings. The van der Waals surface area contributed by atoms with Crippen LogP contribution in [-0.4, -0.2) is 23.9 Å². The van der Waals surface area contributed by atoms with E-state index in [1.54, 1.807) is 0 Å². The first-order chi connectivity index (χ1) is 6.77. The monoisotopic (exact) mass is 271 g/mol. The van der Waals surface area contributed by atoms with Gasteiger partial charge in [0, 0.05) is 13.1 Å². The van der Waals surface area contributed by atoms with Crippen molar-refractivity contribution in [3.63, 3.8) is 0 Å². The fourth-order valence-corrected chi connectivity index (χ4v) is 2.76. The second-order valence-corrected chi connectivity index (χ2v) is 5.58. The van der Waals surface area contributed by atoms with Crippen molar-refractivity contribution in [3.05, 3.63) is 32.9 Å². The zero-order chi connectivity index (χ0) is 9.97. The third-order valence-electron chi connectivity index (χ3n) is 2.13. The first-order valence-corrected chi connectivity index (χ1v) is 6.08. The van der Waals surface area contributed by atoms with Crippen molar-refractivity contribution in [1.29, 1.82) is 0 Å². The molecule has 2 nitrogen and oxygen atoms in total. The van der Waals surface area contributed by atoms with Gasteiger partial charge in [0.2, 0.25) is 0 Å². The Labute approximate surface area is 95.4 Å². The molecule has 0 saturated carbocycles. The van der Waals surface area contributed by atoms with Crippen LogP contribution in [-0.2, 0) is 0 Å². The van der Waals surface area contributed by atoms with Gasteiger partial charge in [-0.15, -0.1) is 11.3 Å². The Hall–Kier alpha value is -0.610. The summed E-state index contributed by atoms with van der Waals surface area (Å²) in [7, 11) is 0. The lowest BCUT2D eigenvalue weighted by Gasteiger charge is -2.22. The molecule has 0 bridgehead atoms. The van der Waals surface area contributed by atoms with Gasteiger partial charge >= 0.3 is 0 Å². The zero-order valence-electron chi connectivity index (χ0n) is 7.57. The number of rotatable bonds is 1. The Balaban J connectivity index is 2.11. The summed E-state index contributed by atoms with van der Waals surface area (Å²) in [6, 6.07) is 3.78. The number of nitrogens with zero attached hydrogens (tertiary/aromatic N) is 1. The second kappa shape index (κ2) is 4.28. The van der Waals surface area contributed by atoms with Gasteiger partial charge in [0.1, 0.15) is 0 Å². The predicted molar refractivity (Wildman–Crippen MR) is 61.7 cm³/mol. The van der Waals surface area contributed by atoms with Crippen molar-refractivity contribution in [1.82, 2.24) is 4.90 Å². The summed E-state index contributed by atoms with van der Waals surface area (Å²) >= 11 is 4.85. The fourth-order valence-electron chi connectivity index (χ4n) is 1.41. The Bertz CT molecular complexity index is 372. The summed E-state index contributed by atoms with van der Waals surface area (Å²) < 4.78 is 1.01. The summed E-state index contributed by atoms with van der Waals surface area (Å²) in [4.78, 5) is 14.6. The van der Waals surface area contributed by atoms with E-state index in [9.17, 15) is 4.79 Å². The van der Waals surface area contributed by atoms with Crippen molar-refractivity contribution < 1.29 is 4.79 Å². The maximum Gasteiger partial charge on any atom is 0.264 e. The molecule has 0 spiro atoms. The summed E-state index contributed by atoms with van der Waals surface area (Å²) in [6.07, 6.45) is 5.14. The van der Waals surface area contributed by atoms with Gasteiger partial charge in [-0.05, 0) is 34.5 Å². The van der Waals surface area contributed by atoms with Crippen LogP contribution in [0.2, 0.25) is 0 Å². The SMILES string of the molecule is O=C(c1ccc(Br)s1)N1CC=CCC1. The maximum absolute atomic E-state index is 11.9. The summed E-state index contributed by atoms with van der Waals surface area (Å²) in [5.74, 6) is 0.144. The van der Waals surface area contributed by atoms with Crippen molar-refractivity contribution in [2.75, 3.05) is 13.1 Å². The first kappa shape index (κ1) is 9.93. The number of thiophene rings is 1. The molecule has 1 aliphatic rings. The molecule has 2 rings (SSSR count). The van der Waals surface area contributed by atoms with Crippen LogP contribution in [0.3, 0.4) is 0 Å². The van der Waals surface area contributed by atoms with Gasteiger partial charge < -0.3 is 4.90 Å². The van der Waals surface area contributed by atoms with Gasteiger partial charge in [-0.2, -0.15) is 0 Å². The molecule has 2 heterocycles. The minimum atomic E-state index is 0.144. The molecule has 14 heavy (non-hydrogen) atoms. The normalized spacial score (nSPS) is 15.9. The minimum absolute atomic E-state index is 0.144. The van der Waals surface area contributed by atoms with E-state index in [-0.39, 0.29) is 5.91 Å². The van der Waals surface area contributed by atoms with Gasteiger partial charge in [-0.3, -0.25) is 4.79 Å². The van der Waals surface area contributed by atoms with E-state index < -0.39 is 0 Å². The topological polar surface area (TPSA) is 20.3 Å². The fraction of sp³-hybridized carbons (Fsp3) is 0.300. The summed E-state index contributed by atoms with van der Waals surface area (Å²) in [5.41, 5.74) is 0. The number of amides is 1. The average molecular weight is 272 g/mol. The highest BCUT2D eigenvalue weighted by atomic mass is 79.9. The maximum atomic E-state index is 11.9. The van der Waals surface area contributed by atoms with Gasteiger partial charge in [0.05, 0.1) is 8.66 Å². The molecule has 0 radical (unpaired) electrons. The Morgan fingerprint density at radius 2 is 2.29 bits per heavy atom. The highest BCUT2D eigenvalue weighted by Gasteiger charge is 2.17. The number of hydrogen-bond acceptors (Lipinski definition) is 2. The largest absolute Gasteiger partial charge is 0.334 e. The molecule has 0 aromatic carbocycles. The molecule has 0 saturated heterocycles. The molecular weight excluding hydrogens is 262 g/mol. The Kier molecular flexibility index (Phi) is 3.03. The van der Waals surface area contributed by atoms with Crippen molar-refractivity contribution in [2.24, 2.45) is 0 Å². The second-order valence-electron chi connectivity index (χ2n) is 3.12. The molecule has 0 unspecified atom stereocenters. The highest BCUT2D eigenvalue weighted by Crippen LogP contribution is 2.23. The van der Waals surface area contributed by atoms with E-state index in [0.717, 1.165) is 28.2 Å². The third kappa shape index (κ3) is 2.07. The molecule has 1 aliphatic heterocycles. The summed E-state index contributed by atoms with van der Waals surface area (Å²) in [5, 5.41) is 0. The molecule has 0 N–H and O–H groups in total. The standard InChI is InChI=1S/C10H10BrNOS/c11-9-5-4-8(14-9)10(13)12-6-2-1-3-7-12/h1-2,4-5H,3,6-7H2. The van der Waals surface area contributed by atoms with Crippen LogP contribution in [0.25, 0.3) is 0 Å². The van der Waals surface area contributed by atoms with E-state index in [0.29, 0.717) is 0 Å². The van der Waals surface area contributed by atoms with Crippen LogP contribution >= 0.6 is 27.3 Å². The van der Waals surface area contributed by atoms with Gasteiger partial charge in [0.15, 0.2) is 0 Å². The van der Waals surface area contributed by atoms with E-state index >= 15 is 0 Å².